The van der Waals surface area contributed by atoms with Crippen LogP contribution in [0, 0.1) is 5.82 Å². The fourth-order valence-electron chi connectivity index (χ4n) is 1.79. The van der Waals surface area contributed by atoms with Gasteiger partial charge in [0, 0.05) is 25.5 Å². The predicted octanol–water partition coefficient (Wildman–Crippen LogP) is 2.49. The van der Waals surface area contributed by atoms with Crippen molar-refractivity contribution in [2.24, 2.45) is 5.73 Å². The van der Waals surface area contributed by atoms with Crippen LogP contribution < -0.4 is 10.6 Å². The number of nitrogens with zero attached hydrogens (tertiary/aromatic N) is 2. The van der Waals surface area contributed by atoms with Gasteiger partial charge in [-0.25, -0.2) is 4.39 Å². The Morgan fingerprint density at radius 2 is 2.16 bits per heavy atom. The molecule has 98 valence electrons. The Morgan fingerprint density at radius 1 is 1.37 bits per heavy atom. The molecule has 2 rings (SSSR count). The molecule has 1 heterocycles. The zero-order chi connectivity index (χ0) is 13.8. The highest BCUT2D eigenvalue weighted by Crippen LogP contribution is 2.16. The summed E-state index contributed by atoms with van der Waals surface area (Å²) in [5.74, 6) is -0.232. The van der Waals surface area contributed by atoms with Gasteiger partial charge in [-0.2, -0.15) is 0 Å². The summed E-state index contributed by atoms with van der Waals surface area (Å²) in [6.07, 6.45) is 1.66. The molecule has 0 spiro atoms. The van der Waals surface area contributed by atoms with Gasteiger partial charge in [0.15, 0.2) is 0 Å². The van der Waals surface area contributed by atoms with Crippen LogP contribution in [0.3, 0.4) is 0 Å². The van der Waals surface area contributed by atoms with Crippen LogP contribution in [0.15, 0.2) is 42.6 Å². The normalized spacial score (nSPS) is 10.2. The van der Waals surface area contributed by atoms with Gasteiger partial charge in [0.05, 0.1) is 5.69 Å². The molecule has 0 amide bonds. The SMILES string of the molecule is CN(Cc1cccc(F)c1)c1ccnc(C(N)=S)c1. The quantitative estimate of drug-likeness (QED) is 0.871. The first kappa shape index (κ1) is 13.4. The molecular weight excluding hydrogens is 261 g/mol. The Morgan fingerprint density at radius 3 is 2.84 bits per heavy atom. The number of hydrogen-bond donors (Lipinski definition) is 1. The Labute approximate surface area is 116 Å². The maximum Gasteiger partial charge on any atom is 0.123 e. The summed E-state index contributed by atoms with van der Waals surface area (Å²) < 4.78 is 13.1. The van der Waals surface area contributed by atoms with E-state index in [1.807, 2.05) is 30.1 Å². The maximum absolute atomic E-state index is 13.1. The lowest BCUT2D eigenvalue weighted by atomic mass is 10.2. The maximum atomic E-state index is 13.1. The fraction of sp³-hybridized carbons (Fsp3) is 0.143. The number of hydrogen-bond acceptors (Lipinski definition) is 3. The summed E-state index contributed by atoms with van der Waals surface area (Å²) in [6, 6.07) is 10.2. The summed E-state index contributed by atoms with van der Waals surface area (Å²) in [5, 5.41) is 0. The van der Waals surface area contributed by atoms with Crippen LogP contribution in [0.4, 0.5) is 10.1 Å². The van der Waals surface area contributed by atoms with Gasteiger partial charge < -0.3 is 10.6 Å². The van der Waals surface area contributed by atoms with Crippen molar-refractivity contribution in [1.82, 2.24) is 4.98 Å². The molecule has 0 bridgehead atoms. The van der Waals surface area contributed by atoms with Crippen molar-refractivity contribution in [2.75, 3.05) is 11.9 Å². The molecule has 0 radical (unpaired) electrons. The summed E-state index contributed by atoms with van der Waals surface area (Å²) >= 11 is 4.90. The third-order valence-corrected chi connectivity index (χ3v) is 2.95. The first-order valence-corrected chi connectivity index (χ1v) is 6.18. The molecule has 0 aliphatic carbocycles. The molecular formula is C14H14FN3S. The fourth-order valence-corrected chi connectivity index (χ4v) is 1.90. The van der Waals surface area contributed by atoms with E-state index in [-0.39, 0.29) is 10.8 Å². The average Bonchev–Trinajstić information content (AvgIpc) is 2.39. The predicted molar refractivity (Wildman–Crippen MR) is 78.6 cm³/mol. The van der Waals surface area contributed by atoms with E-state index in [2.05, 4.69) is 4.98 Å². The van der Waals surface area contributed by atoms with Crippen molar-refractivity contribution in [3.63, 3.8) is 0 Å². The number of pyridine rings is 1. The number of thiocarbonyl (C=S) groups is 1. The van der Waals surface area contributed by atoms with Gasteiger partial charge in [-0.05, 0) is 29.8 Å². The summed E-state index contributed by atoms with van der Waals surface area (Å²) in [7, 11) is 1.92. The minimum atomic E-state index is -0.232. The minimum absolute atomic E-state index is 0.232. The van der Waals surface area contributed by atoms with Gasteiger partial charge in [-0.3, -0.25) is 4.98 Å². The van der Waals surface area contributed by atoms with Gasteiger partial charge >= 0.3 is 0 Å². The van der Waals surface area contributed by atoms with Gasteiger partial charge in [-0.1, -0.05) is 24.4 Å². The van der Waals surface area contributed by atoms with E-state index in [0.29, 0.717) is 12.2 Å². The lowest BCUT2D eigenvalue weighted by Crippen LogP contribution is -2.18. The molecule has 0 saturated heterocycles. The Hall–Kier alpha value is -2.01. The Kier molecular flexibility index (Phi) is 4.06. The average molecular weight is 275 g/mol. The van der Waals surface area contributed by atoms with Crippen LogP contribution in [0.2, 0.25) is 0 Å². The van der Waals surface area contributed by atoms with Crippen molar-refractivity contribution in [3.8, 4) is 0 Å². The van der Waals surface area contributed by atoms with Crippen LogP contribution in [0.5, 0.6) is 0 Å². The second-order valence-electron chi connectivity index (χ2n) is 4.25. The number of halogens is 1. The van der Waals surface area contributed by atoms with Gasteiger partial charge in [-0.15, -0.1) is 0 Å². The monoisotopic (exact) mass is 275 g/mol. The van der Waals surface area contributed by atoms with E-state index in [9.17, 15) is 4.39 Å². The second kappa shape index (κ2) is 5.75. The van der Waals surface area contributed by atoms with Crippen molar-refractivity contribution in [1.29, 1.82) is 0 Å². The van der Waals surface area contributed by atoms with E-state index in [1.54, 1.807) is 12.3 Å². The first-order chi connectivity index (χ1) is 9.06. The molecule has 19 heavy (non-hydrogen) atoms. The van der Waals surface area contributed by atoms with Gasteiger partial charge in [0.2, 0.25) is 0 Å². The van der Waals surface area contributed by atoms with Gasteiger partial charge in [0.25, 0.3) is 0 Å². The van der Waals surface area contributed by atoms with Crippen molar-refractivity contribution < 1.29 is 4.39 Å². The number of benzene rings is 1. The zero-order valence-electron chi connectivity index (χ0n) is 10.5. The number of rotatable bonds is 4. The molecule has 0 unspecified atom stereocenters. The molecule has 0 aliphatic heterocycles. The Bertz CT molecular complexity index is 601. The molecule has 1 aromatic carbocycles. The molecule has 3 nitrogen and oxygen atoms in total. The highest BCUT2D eigenvalue weighted by Gasteiger charge is 2.05. The number of aromatic nitrogens is 1. The minimum Gasteiger partial charge on any atom is -0.388 e. The molecule has 2 aromatic rings. The lowest BCUT2D eigenvalue weighted by Gasteiger charge is -2.19. The van der Waals surface area contributed by atoms with Crippen molar-refractivity contribution >= 4 is 22.9 Å². The molecule has 0 fully saturated rings. The topological polar surface area (TPSA) is 42.2 Å². The lowest BCUT2D eigenvalue weighted by molar-refractivity contribution is 0.625. The van der Waals surface area contributed by atoms with E-state index >= 15 is 0 Å². The smallest absolute Gasteiger partial charge is 0.123 e. The zero-order valence-corrected chi connectivity index (χ0v) is 11.3. The van der Waals surface area contributed by atoms with Crippen LogP contribution in [0.1, 0.15) is 11.3 Å². The molecule has 2 N–H and O–H groups in total. The summed E-state index contributed by atoms with van der Waals surface area (Å²) in [5.41, 5.74) is 7.97. The third-order valence-electron chi connectivity index (χ3n) is 2.75. The van der Waals surface area contributed by atoms with Crippen LogP contribution in [0.25, 0.3) is 0 Å². The molecule has 0 atom stereocenters. The first-order valence-electron chi connectivity index (χ1n) is 5.77. The van der Waals surface area contributed by atoms with E-state index in [1.165, 1.54) is 12.1 Å². The van der Waals surface area contributed by atoms with Crippen LogP contribution in [-0.2, 0) is 6.54 Å². The van der Waals surface area contributed by atoms with Crippen LogP contribution >= 0.6 is 12.2 Å². The molecule has 5 heteroatoms. The second-order valence-corrected chi connectivity index (χ2v) is 4.69. The van der Waals surface area contributed by atoms with E-state index in [0.717, 1.165) is 11.3 Å². The molecule has 0 aliphatic rings. The summed E-state index contributed by atoms with van der Waals surface area (Å²) in [6.45, 7) is 0.596. The molecule has 0 saturated carbocycles. The molecule has 1 aromatic heterocycles. The number of anilines is 1. The third kappa shape index (κ3) is 3.48. The highest BCUT2D eigenvalue weighted by atomic mass is 32.1. The largest absolute Gasteiger partial charge is 0.388 e. The highest BCUT2D eigenvalue weighted by molar-refractivity contribution is 7.80. The Balaban J connectivity index is 2.18. The van der Waals surface area contributed by atoms with Crippen molar-refractivity contribution in [2.45, 2.75) is 6.54 Å². The van der Waals surface area contributed by atoms with Crippen LogP contribution in [-0.4, -0.2) is 17.0 Å². The van der Waals surface area contributed by atoms with E-state index < -0.39 is 0 Å². The van der Waals surface area contributed by atoms with Crippen molar-refractivity contribution in [3.05, 3.63) is 59.7 Å². The number of nitrogens with two attached hydrogens (primary N) is 1. The standard InChI is InChI=1S/C14H14FN3S/c1-18(9-10-3-2-4-11(15)7-10)12-5-6-17-13(8-12)14(16)19/h2-8H,9H2,1H3,(H2,16,19). The van der Waals surface area contributed by atoms with E-state index in [4.69, 9.17) is 18.0 Å². The van der Waals surface area contributed by atoms with Gasteiger partial charge in [0.1, 0.15) is 10.8 Å². The summed E-state index contributed by atoms with van der Waals surface area (Å²) in [4.78, 5) is 6.34.